The largest absolute Gasteiger partial charge is 0.341 e. The standard InChI is InChI=1S/C19H22N2O3/c22-16-12-19(9-8-14-6-2-3-7-15(14)19)18(24)21(16)13-17(23)20-10-4-1-5-11-20/h2-3,6-7H,1,4-5,8-13H2/t19-/m1/s1. The Labute approximate surface area is 141 Å². The van der Waals surface area contributed by atoms with Gasteiger partial charge in [0.15, 0.2) is 0 Å². The molecule has 2 saturated heterocycles. The molecule has 0 aromatic heterocycles. The van der Waals surface area contributed by atoms with Gasteiger partial charge < -0.3 is 4.90 Å². The topological polar surface area (TPSA) is 57.7 Å². The summed E-state index contributed by atoms with van der Waals surface area (Å²) in [5, 5.41) is 0. The number of carbonyl (C=O) groups excluding carboxylic acids is 3. The van der Waals surface area contributed by atoms with Crippen molar-refractivity contribution in [2.45, 2.75) is 43.9 Å². The number of amides is 3. The van der Waals surface area contributed by atoms with Crippen LogP contribution in [0.1, 0.15) is 43.2 Å². The SMILES string of the molecule is O=C(CN1C(=O)C[C@@]2(CCc3ccccc32)C1=O)N1CCCCC1. The lowest BCUT2D eigenvalue weighted by molar-refractivity contribution is -0.146. The van der Waals surface area contributed by atoms with E-state index in [0.717, 1.165) is 49.9 Å². The van der Waals surface area contributed by atoms with Crippen molar-refractivity contribution in [1.82, 2.24) is 9.80 Å². The van der Waals surface area contributed by atoms with Crippen LogP contribution in [0.15, 0.2) is 24.3 Å². The highest BCUT2D eigenvalue weighted by molar-refractivity contribution is 6.11. The molecular formula is C19H22N2O3. The van der Waals surface area contributed by atoms with E-state index in [1.165, 1.54) is 4.90 Å². The van der Waals surface area contributed by atoms with Crippen LogP contribution in [0.2, 0.25) is 0 Å². The Hall–Kier alpha value is -2.17. The molecule has 3 aliphatic rings. The number of nitrogens with zero attached hydrogens (tertiary/aromatic N) is 2. The van der Waals surface area contributed by atoms with Crippen molar-refractivity contribution < 1.29 is 14.4 Å². The van der Waals surface area contributed by atoms with E-state index in [1.54, 1.807) is 4.90 Å². The molecule has 1 spiro atoms. The zero-order chi connectivity index (χ0) is 16.7. The Morgan fingerprint density at radius 1 is 1.08 bits per heavy atom. The summed E-state index contributed by atoms with van der Waals surface area (Å²) >= 11 is 0. The number of hydrogen-bond acceptors (Lipinski definition) is 3. The summed E-state index contributed by atoms with van der Waals surface area (Å²) in [6.07, 6.45) is 4.85. The molecule has 0 bridgehead atoms. The minimum atomic E-state index is -0.726. The fourth-order valence-electron chi connectivity index (χ4n) is 4.43. The maximum atomic E-state index is 13.1. The van der Waals surface area contributed by atoms with E-state index in [4.69, 9.17) is 0 Å². The molecule has 2 fully saturated rings. The average molecular weight is 326 g/mol. The number of benzene rings is 1. The molecule has 0 N–H and O–H groups in total. The van der Waals surface area contributed by atoms with Gasteiger partial charge in [-0.15, -0.1) is 0 Å². The predicted octanol–water partition coefficient (Wildman–Crippen LogP) is 1.64. The summed E-state index contributed by atoms with van der Waals surface area (Å²) in [5.41, 5.74) is 1.41. The Morgan fingerprint density at radius 2 is 1.83 bits per heavy atom. The van der Waals surface area contributed by atoms with E-state index in [-0.39, 0.29) is 30.7 Å². The molecule has 2 heterocycles. The van der Waals surface area contributed by atoms with Crippen LogP contribution in [0.3, 0.4) is 0 Å². The van der Waals surface area contributed by atoms with Gasteiger partial charge in [0, 0.05) is 19.5 Å². The third-order valence-corrected chi connectivity index (χ3v) is 5.76. The van der Waals surface area contributed by atoms with Crippen molar-refractivity contribution in [2.24, 2.45) is 0 Å². The van der Waals surface area contributed by atoms with Gasteiger partial charge in [0.05, 0.1) is 5.41 Å². The summed E-state index contributed by atoms with van der Waals surface area (Å²) in [6.45, 7) is 1.38. The van der Waals surface area contributed by atoms with Crippen molar-refractivity contribution >= 4 is 17.7 Å². The second-order valence-electron chi connectivity index (χ2n) is 7.14. The quantitative estimate of drug-likeness (QED) is 0.777. The highest BCUT2D eigenvalue weighted by Crippen LogP contribution is 2.46. The fourth-order valence-corrected chi connectivity index (χ4v) is 4.43. The minimum Gasteiger partial charge on any atom is -0.341 e. The predicted molar refractivity (Wildman–Crippen MR) is 88.2 cm³/mol. The van der Waals surface area contributed by atoms with E-state index >= 15 is 0 Å². The molecule has 0 unspecified atom stereocenters. The molecule has 126 valence electrons. The summed E-state index contributed by atoms with van der Waals surface area (Å²) in [5.74, 6) is -0.482. The molecule has 1 aliphatic carbocycles. The number of hydrogen-bond donors (Lipinski definition) is 0. The lowest BCUT2D eigenvalue weighted by Crippen LogP contribution is -2.46. The van der Waals surface area contributed by atoms with Crippen molar-refractivity contribution in [1.29, 1.82) is 0 Å². The zero-order valence-corrected chi connectivity index (χ0v) is 13.8. The van der Waals surface area contributed by atoms with E-state index in [9.17, 15) is 14.4 Å². The van der Waals surface area contributed by atoms with Crippen molar-refractivity contribution in [2.75, 3.05) is 19.6 Å². The second-order valence-corrected chi connectivity index (χ2v) is 7.14. The van der Waals surface area contributed by atoms with Gasteiger partial charge in [0.2, 0.25) is 17.7 Å². The van der Waals surface area contributed by atoms with Gasteiger partial charge in [0.1, 0.15) is 6.54 Å². The maximum absolute atomic E-state index is 13.1. The molecule has 1 atom stereocenters. The first-order valence-corrected chi connectivity index (χ1v) is 8.83. The number of piperidine rings is 1. The van der Waals surface area contributed by atoms with Crippen LogP contribution in [0.25, 0.3) is 0 Å². The van der Waals surface area contributed by atoms with Crippen LogP contribution in [0.4, 0.5) is 0 Å². The van der Waals surface area contributed by atoms with Crippen LogP contribution < -0.4 is 0 Å². The first-order chi connectivity index (χ1) is 11.6. The molecule has 2 aliphatic heterocycles. The molecule has 5 heteroatoms. The molecule has 0 radical (unpaired) electrons. The molecule has 1 aromatic rings. The van der Waals surface area contributed by atoms with E-state index in [1.807, 2.05) is 24.3 Å². The van der Waals surface area contributed by atoms with Gasteiger partial charge >= 0.3 is 0 Å². The first-order valence-electron chi connectivity index (χ1n) is 8.83. The zero-order valence-electron chi connectivity index (χ0n) is 13.8. The highest BCUT2D eigenvalue weighted by Gasteiger charge is 2.55. The van der Waals surface area contributed by atoms with Crippen LogP contribution >= 0.6 is 0 Å². The second kappa shape index (κ2) is 5.72. The summed E-state index contributed by atoms with van der Waals surface area (Å²) in [4.78, 5) is 41.0. The molecular weight excluding hydrogens is 304 g/mol. The molecule has 4 rings (SSSR count). The van der Waals surface area contributed by atoms with Crippen LogP contribution in [0, 0.1) is 0 Å². The summed E-state index contributed by atoms with van der Waals surface area (Å²) < 4.78 is 0. The molecule has 0 saturated carbocycles. The summed E-state index contributed by atoms with van der Waals surface area (Å²) in [7, 11) is 0. The van der Waals surface area contributed by atoms with Gasteiger partial charge in [-0.3, -0.25) is 19.3 Å². The Balaban J connectivity index is 1.55. The van der Waals surface area contributed by atoms with Crippen molar-refractivity contribution in [3.8, 4) is 0 Å². The molecule has 24 heavy (non-hydrogen) atoms. The molecule has 1 aromatic carbocycles. The number of aryl methyl sites for hydroxylation is 1. The normalized spacial score (nSPS) is 26.3. The molecule has 3 amide bonds. The van der Waals surface area contributed by atoms with Crippen molar-refractivity contribution in [3.05, 3.63) is 35.4 Å². The van der Waals surface area contributed by atoms with Crippen LogP contribution in [-0.2, 0) is 26.2 Å². The maximum Gasteiger partial charge on any atom is 0.242 e. The third-order valence-electron chi connectivity index (χ3n) is 5.76. The number of fused-ring (bicyclic) bond motifs is 2. The highest BCUT2D eigenvalue weighted by atomic mass is 16.2. The van der Waals surface area contributed by atoms with Gasteiger partial charge in [0.25, 0.3) is 0 Å². The van der Waals surface area contributed by atoms with Gasteiger partial charge in [-0.25, -0.2) is 0 Å². The minimum absolute atomic E-state index is 0.0957. The Morgan fingerprint density at radius 3 is 2.62 bits per heavy atom. The number of carbonyl (C=O) groups is 3. The smallest absolute Gasteiger partial charge is 0.242 e. The average Bonchev–Trinajstić information content (AvgIpc) is 3.10. The van der Waals surface area contributed by atoms with E-state index in [2.05, 4.69) is 0 Å². The third kappa shape index (κ3) is 2.26. The summed E-state index contributed by atoms with van der Waals surface area (Å²) in [6, 6.07) is 7.88. The van der Waals surface area contributed by atoms with Gasteiger partial charge in [-0.1, -0.05) is 24.3 Å². The number of rotatable bonds is 2. The number of imide groups is 1. The lowest BCUT2D eigenvalue weighted by Gasteiger charge is -2.29. The van der Waals surface area contributed by atoms with Crippen LogP contribution in [-0.4, -0.2) is 47.2 Å². The lowest BCUT2D eigenvalue weighted by atomic mass is 9.80. The fraction of sp³-hybridized carbons (Fsp3) is 0.526. The van der Waals surface area contributed by atoms with Gasteiger partial charge in [-0.2, -0.15) is 0 Å². The Bertz CT molecular complexity index is 708. The number of likely N-dealkylation sites (tertiary alicyclic amines) is 2. The van der Waals surface area contributed by atoms with Crippen LogP contribution in [0.5, 0.6) is 0 Å². The molecule has 5 nitrogen and oxygen atoms in total. The van der Waals surface area contributed by atoms with E-state index in [0.29, 0.717) is 6.42 Å². The monoisotopic (exact) mass is 326 g/mol. The first kappa shape index (κ1) is 15.4. The van der Waals surface area contributed by atoms with Crippen molar-refractivity contribution in [3.63, 3.8) is 0 Å². The van der Waals surface area contributed by atoms with E-state index < -0.39 is 5.41 Å². The Kier molecular flexibility index (Phi) is 3.66. The van der Waals surface area contributed by atoms with Gasteiger partial charge in [-0.05, 0) is 43.2 Å².